The van der Waals surface area contributed by atoms with Gasteiger partial charge in [0.25, 0.3) is 5.91 Å². The van der Waals surface area contributed by atoms with Gasteiger partial charge in [-0.3, -0.25) is 9.59 Å². The van der Waals surface area contributed by atoms with Crippen molar-refractivity contribution in [3.8, 4) is 0 Å². The van der Waals surface area contributed by atoms with Gasteiger partial charge in [0.1, 0.15) is 0 Å². The number of hydrogen-bond donors (Lipinski definition) is 2. The summed E-state index contributed by atoms with van der Waals surface area (Å²) >= 11 is 0. The van der Waals surface area contributed by atoms with Gasteiger partial charge in [-0.05, 0) is 34.9 Å². The van der Waals surface area contributed by atoms with Crippen molar-refractivity contribution in [3.05, 3.63) is 48.0 Å². The Bertz CT molecular complexity index is 755. The molecule has 3 N–H and O–H groups in total. The fourth-order valence-electron chi connectivity index (χ4n) is 2.70. The summed E-state index contributed by atoms with van der Waals surface area (Å²) in [5.41, 5.74) is 6.19. The van der Waals surface area contributed by atoms with Crippen LogP contribution in [0.15, 0.2) is 42.5 Å². The van der Waals surface area contributed by atoms with E-state index in [1.165, 1.54) is 0 Å². The van der Waals surface area contributed by atoms with Crippen LogP contribution in [0.1, 0.15) is 30.6 Å². The number of nitrogens with two attached hydrogens (primary N) is 1. The highest BCUT2D eigenvalue weighted by Crippen LogP contribution is 2.16. The Labute approximate surface area is 149 Å². The normalized spacial score (nSPS) is 11.4. The molecule has 0 saturated carbocycles. The molecule has 0 aliphatic carbocycles. The molecule has 2 aromatic carbocycles. The van der Waals surface area contributed by atoms with E-state index < -0.39 is 0 Å². The summed E-state index contributed by atoms with van der Waals surface area (Å²) in [7, 11) is 1.77. The van der Waals surface area contributed by atoms with Crippen molar-refractivity contribution in [1.29, 1.82) is 0 Å². The van der Waals surface area contributed by atoms with E-state index in [0.29, 0.717) is 25.2 Å². The fraction of sp³-hybridized carbons (Fsp3) is 0.400. The Kier molecular flexibility index (Phi) is 6.15. The highest BCUT2D eigenvalue weighted by atomic mass is 16.2. The van der Waals surface area contributed by atoms with Crippen molar-refractivity contribution in [3.63, 3.8) is 0 Å². The number of nitrogens with one attached hydrogen (secondary N) is 1. The predicted octanol–water partition coefficient (Wildman–Crippen LogP) is 2.40. The molecule has 0 unspecified atom stereocenters. The maximum Gasteiger partial charge on any atom is 0.251 e. The third kappa shape index (κ3) is 5.29. The van der Waals surface area contributed by atoms with Gasteiger partial charge in [-0.1, -0.05) is 44.2 Å². The van der Waals surface area contributed by atoms with Gasteiger partial charge in [0, 0.05) is 32.1 Å². The molecule has 25 heavy (non-hydrogen) atoms. The topological polar surface area (TPSA) is 75.4 Å². The largest absolute Gasteiger partial charge is 0.352 e. The standard InChI is InChI=1S/C20H27N3O2/c1-20(2,13-21)14-23(3)18(24)10-11-22-19(25)17-9-8-15-6-4-5-7-16(15)12-17/h4-9,12H,10-11,13-14,21H2,1-3H3,(H,22,25). The van der Waals surface area contributed by atoms with E-state index in [1.54, 1.807) is 18.0 Å². The van der Waals surface area contributed by atoms with Gasteiger partial charge >= 0.3 is 0 Å². The second kappa shape index (κ2) is 8.12. The number of carbonyl (C=O) groups excluding carboxylic acids is 2. The van der Waals surface area contributed by atoms with Gasteiger partial charge in [-0.15, -0.1) is 0 Å². The zero-order valence-corrected chi connectivity index (χ0v) is 15.2. The van der Waals surface area contributed by atoms with E-state index in [0.717, 1.165) is 10.8 Å². The van der Waals surface area contributed by atoms with Gasteiger partial charge < -0.3 is 16.0 Å². The zero-order chi connectivity index (χ0) is 18.4. The van der Waals surface area contributed by atoms with Gasteiger partial charge in [0.15, 0.2) is 0 Å². The van der Waals surface area contributed by atoms with Crippen LogP contribution in [-0.4, -0.2) is 43.4 Å². The minimum Gasteiger partial charge on any atom is -0.352 e. The number of benzene rings is 2. The molecule has 5 heteroatoms. The summed E-state index contributed by atoms with van der Waals surface area (Å²) in [6, 6.07) is 13.5. The van der Waals surface area contributed by atoms with E-state index in [4.69, 9.17) is 5.73 Å². The monoisotopic (exact) mass is 341 g/mol. The van der Waals surface area contributed by atoms with Crippen LogP contribution in [-0.2, 0) is 4.79 Å². The van der Waals surface area contributed by atoms with E-state index >= 15 is 0 Å². The second-order valence-electron chi connectivity index (χ2n) is 7.19. The molecule has 2 amide bonds. The number of hydrogen-bond acceptors (Lipinski definition) is 3. The number of rotatable bonds is 7. The SMILES string of the molecule is CN(CC(C)(C)CN)C(=O)CCNC(=O)c1ccc2ccccc2c1. The molecule has 134 valence electrons. The molecule has 0 aromatic heterocycles. The Morgan fingerprint density at radius 3 is 2.48 bits per heavy atom. The molecule has 0 spiro atoms. The number of amides is 2. The van der Waals surface area contributed by atoms with Gasteiger partial charge in [-0.2, -0.15) is 0 Å². The minimum absolute atomic E-state index is 0.000312. The van der Waals surface area contributed by atoms with Crippen LogP contribution in [0.3, 0.4) is 0 Å². The van der Waals surface area contributed by atoms with E-state index in [1.807, 2.05) is 50.2 Å². The van der Waals surface area contributed by atoms with Crippen molar-refractivity contribution in [2.24, 2.45) is 11.1 Å². The zero-order valence-electron chi connectivity index (χ0n) is 15.2. The first-order chi connectivity index (χ1) is 11.8. The van der Waals surface area contributed by atoms with Crippen molar-refractivity contribution in [2.75, 3.05) is 26.7 Å². The smallest absolute Gasteiger partial charge is 0.251 e. The average molecular weight is 341 g/mol. The van der Waals surface area contributed by atoms with Crippen LogP contribution in [0.4, 0.5) is 0 Å². The molecule has 0 aliphatic rings. The van der Waals surface area contributed by atoms with E-state index in [9.17, 15) is 9.59 Å². The van der Waals surface area contributed by atoms with Crippen molar-refractivity contribution in [2.45, 2.75) is 20.3 Å². The second-order valence-corrected chi connectivity index (χ2v) is 7.19. The molecule has 2 rings (SSSR count). The van der Waals surface area contributed by atoms with Gasteiger partial charge in [0.05, 0.1) is 0 Å². The van der Waals surface area contributed by atoms with Crippen molar-refractivity contribution < 1.29 is 9.59 Å². The first-order valence-electron chi connectivity index (χ1n) is 8.53. The van der Waals surface area contributed by atoms with E-state index in [2.05, 4.69) is 5.32 Å². The third-order valence-corrected chi connectivity index (χ3v) is 4.28. The Balaban J connectivity index is 1.86. The minimum atomic E-state index is -0.163. The lowest BCUT2D eigenvalue weighted by Crippen LogP contribution is -2.40. The first kappa shape index (κ1) is 18.9. The number of carbonyl (C=O) groups is 2. The molecule has 0 heterocycles. The van der Waals surface area contributed by atoms with Crippen LogP contribution < -0.4 is 11.1 Å². The van der Waals surface area contributed by atoms with Gasteiger partial charge in [0.2, 0.25) is 5.91 Å². The summed E-state index contributed by atoms with van der Waals surface area (Å²) in [6.07, 6.45) is 0.274. The highest BCUT2D eigenvalue weighted by Gasteiger charge is 2.21. The lowest BCUT2D eigenvalue weighted by Gasteiger charge is -2.29. The molecule has 0 radical (unpaired) electrons. The molecule has 2 aromatic rings. The third-order valence-electron chi connectivity index (χ3n) is 4.28. The van der Waals surface area contributed by atoms with Crippen LogP contribution in [0.25, 0.3) is 10.8 Å². The lowest BCUT2D eigenvalue weighted by molar-refractivity contribution is -0.130. The lowest BCUT2D eigenvalue weighted by atomic mass is 9.93. The predicted molar refractivity (Wildman–Crippen MR) is 101 cm³/mol. The summed E-state index contributed by atoms with van der Waals surface area (Å²) in [6.45, 7) is 5.48. The van der Waals surface area contributed by atoms with Crippen molar-refractivity contribution in [1.82, 2.24) is 10.2 Å². The quantitative estimate of drug-likeness (QED) is 0.812. The molecule has 0 fully saturated rings. The van der Waals surface area contributed by atoms with Crippen LogP contribution in [0, 0.1) is 5.41 Å². The Morgan fingerprint density at radius 2 is 1.80 bits per heavy atom. The number of nitrogens with zero attached hydrogens (tertiary/aromatic N) is 1. The van der Waals surface area contributed by atoms with Crippen LogP contribution >= 0.6 is 0 Å². The summed E-state index contributed by atoms with van der Waals surface area (Å²) in [5, 5.41) is 4.93. The van der Waals surface area contributed by atoms with Crippen molar-refractivity contribution >= 4 is 22.6 Å². The maximum atomic E-state index is 12.3. The molecule has 0 bridgehead atoms. The van der Waals surface area contributed by atoms with E-state index in [-0.39, 0.29) is 23.7 Å². The molecule has 5 nitrogen and oxygen atoms in total. The molecule has 0 atom stereocenters. The van der Waals surface area contributed by atoms with Crippen LogP contribution in [0.2, 0.25) is 0 Å². The molecular weight excluding hydrogens is 314 g/mol. The molecule has 0 saturated heterocycles. The Morgan fingerprint density at radius 1 is 1.12 bits per heavy atom. The van der Waals surface area contributed by atoms with Crippen LogP contribution in [0.5, 0.6) is 0 Å². The Hall–Kier alpha value is -2.40. The fourth-order valence-corrected chi connectivity index (χ4v) is 2.70. The summed E-state index contributed by atoms with van der Waals surface area (Å²) in [5.74, 6) is -0.163. The summed E-state index contributed by atoms with van der Waals surface area (Å²) in [4.78, 5) is 26.1. The highest BCUT2D eigenvalue weighted by molar-refractivity contribution is 5.98. The average Bonchev–Trinajstić information content (AvgIpc) is 2.60. The molecular formula is C20H27N3O2. The molecule has 0 aliphatic heterocycles. The summed E-state index contributed by atoms with van der Waals surface area (Å²) < 4.78 is 0. The first-order valence-corrected chi connectivity index (χ1v) is 8.53. The number of fused-ring (bicyclic) bond motifs is 1. The van der Waals surface area contributed by atoms with Gasteiger partial charge in [-0.25, -0.2) is 0 Å². The maximum absolute atomic E-state index is 12.3.